The van der Waals surface area contributed by atoms with Crippen LogP contribution < -0.4 is 5.73 Å². The minimum Gasteiger partial charge on any atom is -0.325 e. The van der Waals surface area contributed by atoms with Crippen LogP contribution in [-0.4, -0.2) is 24.6 Å². The van der Waals surface area contributed by atoms with Gasteiger partial charge in [0, 0.05) is 24.2 Å². The zero-order valence-electron chi connectivity index (χ0n) is 8.24. The lowest BCUT2D eigenvalue weighted by molar-refractivity contribution is 1.02. The number of nitrogens with two attached hydrogens (primary N) is 1. The normalized spacial score (nSPS) is 11.1. The number of hydrogen-bond donors (Lipinski definition) is 1. The molecule has 3 aromatic heterocycles. The smallest absolute Gasteiger partial charge is 0.189 e. The van der Waals surface area contributed by atoms with E-state index in [1.54, 1.807) is 23.0 Å². The number of rotatable bonds is 2. The van der Waals surface area contributed by atoms with Gasteiger partial charge in [-0.2, -0.15) is 0 Å². The van der Waals surface area contributed by atoms with E-state index >= 15 is 0 Å². The average Bonchev–Trinajstić information content (AvgIpc) is 2.94. The van der Waals surface area contributed by atoms with E-state index in [4.69, 9.17) is 5.73 Å². The summed E-state index contributed by atoms with van der Waals surface area (Å²) in [4.78, 5) is 8.40. The summed E-state index contributed by atoms with van der Waals surface area (Å²) in [6, 6.07) is 1.80. The summed E-state index contributed by atoms with van der Waals surface area (Å²) >= 11 is 1.52. The minimum atomic E-state index is 0.444. The second-order valence-electron chi connectivity index (χ2n) is 3.16. The van der Waals surface area contributed by atoms with Crippen molar-refractivity contribution in [2.24, 2.45) is 5.73 Å². The second kappa shape index (κ2) is 3.62. The average molecular weight is 232 g/mol. The molecule has 0 radical (unpaired) electrons. The van der Waals surface area contributed by atoms with Crippen molar-refractivity contribution in [3.05, 3.63) is 29.0 Å². The van der Waals surface area contributed by atoms with E-state index in [2.05, 4.69) is 20.2 Å². The molecule has 16 heavy (non-hydrogen) atoms. The van der Waals surface area contributed by atoms with E-state index < -0.39 is 0 Å². The van der Waals surface area contributed by atoms with Crippen LogP contribution >= 0.6 is 11.3 Å². The van der Waals surface area contributed by atoms with Gasteiger partial charge in [-0.25, -0.2) is 9.97 Å². The highest BCUT2D eigenvalue weighted by molar-refractivity contribution is 7.09. The van der Waals surface area contributed by atoms with Gasteiger partial charge in [0.15, 0.2) is 11.5 Å². The first-order valence-corrected chi connectivity index (χ1v) is 5.56. The highest BCUT2D eigenvalue weighted by Gasteiger charge is 2.10. The molecule has 6 nitrogen and oxygen atoms in total. The quantitative estimate of drug-likeness (QED) is 0.703. The first kappa shape index (κ1) is 9.37. The molecule has 0 spiro atoms. The van der Waals surface area contributed by atoms with Crippen molar-refractivity contribution >= 4 is 17.0 Å². The molecule has 2 N–H and O–H groups in total. The van der Waals surface area contributed by atoms with Crippen LogP contribution in [0.3, 0.4) is 0 Å². The molecule has 7 heteroatoms. The van der Waals surface area contributed by atoms with E-state index in [0.717, 1.165) is 16.3 Å². The van der Waals surface area contributed by atoms with Crippen molar-refractivity contribution in [3.63, 3.8) is 0 Å². The molecule has 3 rings (SSSR count). The second-order valence-corrected chi connectivity index (χ2v) is 4.11. The van der Waals surface area contributed by atoms with Gasteiger partial charge in [0.05, 0.1) is 0 Å². The number of fused-ring (bicyclic) bond motifs is 1. The van der Waals surface area contributed by atoms with Crippen molar-refractivity contribution in [2.45, 2.75) is 6.54 Å². The first-order valence-electron chi connectivity index (χ1n) is 4.68. The van der Waals surface area contributed by atoms with Gasteiger partial charge in [-0.05, 0) is 0 Å². The molecule has 0 aromatic carbocycles. The number of thiazole rings is 1. The molecule has 3 aromatic rings. The molecule has 80 valence electrons. The zero-order chi connectivity index (χ0) is 11.0. The van der Waals surface area contributed by atoms with Gasteiger partial charge in [-0.15, -0.1) is 21.5 Å². The van der Waals surface area contributed by atoms with E-state index in [1.165, 1.54) is 11.3 Å². The van der Waals surface area contributed by atoms with Crippen molar-refractivity contribution < 1.29 is 0 Å². The SMILES string of the molecule is NCc1nc(-c2nnc3ccncn23)cs1. The van der Waals surface area contributed by atoms with Crippen LogP contribution in [0.2, 0.25) is 0 Å². The fourth-order valence-electron chi connectivity index (χ4n) is 1.43. The van der Waals surface area contributed by atoms with Crippen LogP contribution in [0.1, 0.15) is 5.01 Å². The Hall–Kier alpha value is -1.86. The molecule has 0 unspecified atom stereocenters. The van der Waals surface area contributed by atoms with Gasteiger partial charge in [0.25, 0.3) is 0 Å². The maximum atomic E-state index is 5.52. The third kappa shape index (κ3) is 1.37. The molecular formula is C9H8N6S. The summed E-state index contributed by atoms with van der Waals surface area (Å²) < 4.78 is 1.80. The molecule has 3 heterocycles. The maximum absolute atomic E-state index is 5.52. The van der Waals surface area contributed by atoms with Crippen LogP contribution in [-0.2, 0) is 6.54 Å². The Balaban J connectivity index is 2.18. The molecule has 0 bridgehead atoms. The Bertz CT molecular complexity index is 628. The number of aromatic nitrogens is 5. The topological polar surface area (TPSA) is 82.0 Å². The number of hydrogen-bond acceptors (Lipinski definition) is 6. The summed E-state index contributed by atoms with van der Waals surface area (Å²) in [5.74, 6) is 0.694. The Labute approximate surface area is 94.8 Å². The summed E-state index contributed by atoms with van der Waals surface area (Å²) in [5, 5.41) is 10.9. The lowest BCUT2D eigenvalue weighted by atomic mass is 10.4. The Morgan fingerprint density at radius 1 is 1.38 bits per heavy atom. The van der Waals surface area contributed by atoms with E-state index in [9.17, 15) is 0 Å². The molecule has 0 aliphatic rings. The largest absolute Gasteiger partial charge is 0.325 e. The van der Waals surface area contributed by atoms with Crippen molar-refractivity contribution in [1.29, 1.82) is 0 Å². The molecule has 0 amide bonds. The van der Waals surface area contributed by atoms with E-state index in [0.29, 0.717) is 12.4 Å². The van der Waals surface area contributed by atoms with E-state index in [-0.39, 0.29) is 0 Å². The van der Waals surface area contributed by atoms with Gasteiger partial charge in [-0.1, -0.05) is 0 Å². The van der Waals surface area contributed by atoms with Crippen molar-refractivity contribution in [2.75, 3.05) is 0 Å². The number of nitrogens with zero attached hydrogens (tertiary/aromatic N) is 5. The van der Waals surface area contributed by atoms with Crippen LogP contribution in [0.15, 0.2) is 24.0 Å². The van der Waals surface area contributed by atoms with Gasteiger partial charge >= 0.3 is 0 Å². The summed E-state index contributed by atoms with van der Waals surface area (Å²) in [6.45, 7) is 0.444. The molecule has 0 atom stereocenters. The molecule has 0 fully saturated rings. The highest BCUT2D eigenvalue weighted by Crippen LogP contribution is 2.20. The van der Waals surface area contributed by atoms with E-state index in [1.807, 2.05) is 5.38 Å². The zero-order valence-corrected chi connectivity index (χ0v) is 9.05. The highest BCUT2D eigenvalue weighted by atomic mass is 32.1. The predicted molar refractivity (Wildman–Crippen MR) is 59.8 cm³/mol. The molecule has 0 aliphatic heterocycles. The Morgan fingerprint density at radius 2 is 2.31 bits per heavy atom. The fraction of sp³-hybridized carbons (Fsp3) is 0.111. The van der Waals surface area contributed by atoms with Gasteiger partial charge in [0.2, 0.25) is 0 Å². The third-order valence-corrected chi connectivity index (χ3v) is 3.04. The lowest BCUT2D eigenvalue weighted by Gasteiger charge is -1.93. The standard InChI is InChI=1S/C9H8N6S/c10-3-8-12-6(4-16-8)9-14-13-7-1-2-11-5-15(7)9/h1-2,4-5H,3,10H2. The van der Waals surface area contributed by atoms with Gasteiger partial charge < -0.3 is 5.73 Å². The minimum absolute atomic E-state index is 0.444. The monoisotopic (exact) mass is 232 g/mol. The predicted octanol–water partition coefficient (Wildman–Crippen LogP) is 0.706. The lowest BCUT2D eigenvalue weighted by Crippen LogP contribution is -1.95. The molecule has 0 saturated heterocycles. The van der Waals surface area contributed by atoms with Crippen molar-refractivity contribution in [1.82, 2.24) is 24.6 Å². The van der Waals surface area contributed by atoms with Gasteiger partial charge in [0.1, 0.15) is 17.0 Å². The van der Waals surface area contributed by atoms with Gasteiger partial charge in [-0.3, -0.25) is 4.40 Å². The molecule has 0 aliphatic carbocycles. The molecule has 0 saturated carbocycles. The summed E-state index contributed by atoms with van der Waals surface area (Å²) in [7, 11) is 0. The first-order chi connectivity index (χ1) is 7.88. The van der Waals surface area contributed by atoms with Crippen LogP contribution in [0, 0.1) is 0 Å². The summed E-state index contributed by atoms with van der Waals surface area (Å²) in [6.07, 6.45) is 3.35. The van der Waals surface area contributed by atoms with Crippen LogP contribution in [0.5, 0.6) is 0 Å². The van der Waals surface area contributed by atoms with Crippen LogP contribution in [0.25, 0.3) is 17.2 Å². The fourth-order valence-corrected chi connectivity index (χ4v) is 2.08. The maximum Gasteiger partial charge on any atom is 0.189 e. The third-order valence-electron chi connectivity index (χ3n) is 2.17. The summed E-state index contributed by atoms with van der Waals surface area (Å²) in [5.41, 5.74) is 7.06. The Morgan fingerprint density at radius 3 is 3.12 bits per heavy atom. The van der Waals surface area contributed by atoms with Crippen molar-refractivity contribution in [3.8, 4) is 11.5 Å². The Kier molecular flexibility index (Phi) is 2.12. The molecular weight excluding hydrogens is 224 g/mol. The van der Waals surface area contributed by atoms with Crippen LogP contribution in [0.4, 0.5) is 0 Å².